The van der Waals surface area contributed by atoms with Gasteiger partial charge in [-0.2, -0.15) is 11.8 Å². The molecule has 124 valence electrons. The van der Waals surface area contributed by atoms with Crippen molar-refractivity contribution in [2.75, 3.05) is 5.32 Å². The van der Waals surface area contributed by atoms with E-state index in [0.29, 0.717) is 17.6 Å². The van der Waals surface area contributed by atoms with E-state index < -0.39 is 0 Å². The first kappa shape index (κ1) is 17.3. The molecule has 6 nitrogen and oxygen atoms in total. The zero-order valence-electron chi connectivity index (χ0n) is 14.0. The molecule has 0 aliphatic carbocycles. The van der Waals surface area contributed by atoms with Gasteiger partial charge in [-0.3, -0.25) is 0 Å². The number of benzene rings is 1. The summed E-state index contributed by atoms with van der Waals surface area (Å²) in [5.41, 5.74) is 3.19. The second-order valence-electron chi connectivity index (χ2n) is 5.62. The first-order valence-corrected chi connectivity index (χ1v) is 8.60. The number of nitrogens with one attached hydrogen (secondary N) is 2. The molecule has 0 saturated heterocycles. The van der Waals surface area contributed by atoms with Gasteiger partial charge in [0.05, 0.1) is 6.54 Å². The Labute approximate surface area is 141 Å². The molecule has 1 aromatic heterocycles. The molecule has 0 unspecified atom stereocenters. The van der Waals surface area contributed by atoms with E-state index in [1.54, 1.807) is 10.9 Å². The van der Waals surface area contributed by atoms with Crippen LogP contribution in [-0.4, -0.2) is 26.0 Å². The molecule has 0 aliphatic heterocycles. The third-order valence-corrected chi connectivity index (χ3v) is 4.62. The third-order valence-electron chi connectivity index (χ3n) is 3.48. The fraction of sp³-hybridized carbons (Fsp3) is 0.438. The van der Waals surface area contributed by atoms with Gasteiger partial charge in [-0.05, 0) is 29.4 Å². The first-order chi connectivity index (χ1) is 11.0. The third kappa shape index (κ3) is 4.99. The minimum Gasteiger partial charge on any atom is -0.331 e. The molecule has 0 saturated carbocycles. The normalized spacial score (nSPS) is 10.8. The molecule has 0 radical (unpaired) electrons. The lowest BCUT2D eigenvalue weighted by atomic mass is 10.1. The second kappa shape index (κ2) is 8.01. The minimum absolute atomic E-state index is 0.246. The number of carbonyl (C=O) groups is 1. The molecular formula is C16H23N5OS. The Morgan fingerprint density at radius 2 is 2.17 bits per heavy atom. The van der Waals surface area contributed by atoms with E-state index in [4.69, 9.17) is 0 Å². The number of hydrogen-bond acceptors (Lipinski definition) is 4. The van der Waals surface area contributed by atoms with E-state index >= 15 is 0 Å². The molecule has 0 fully saturated rings. The van der Waals surface area contributed by atoms with Crippen LogP contribution in [0.3, 0.4) is 0 Å². The molecule has 1 aromatic carbocycles. The van der Waals surface area contributed by atoms with E-state index in [1.165, 1.54) is 5.56 Å². The quantitative estimate of drug-likeness (QED) is 0.852. The highest BCUT2D eigenvalue weighted by Crippen LogP contribution is 2.24. The molecule has 2 amide bonds. The summed E-state index contributed by atoms with van der Waals surface area (Å²) >= 11 is 1.89. The Hall–Kier alpha value is -2.02. The minimum atomic E-state index is -0.246. The summed E-state index contributed by atoms with van der Waals surface area (Å²) in [6, 6.07) is 5.75. The number of urea groups is 1. The van der Waals surface area contributed by atoms with Crippen molar-refractivity contribution in [3.8, 4) is 0 Å². The van der Waals surface area contributed by atoms with Crippen LogP contribution in [0.1, 0.15) is 30.8 Å². The average molecular weight is 333 g/mol. The Balaban J connectivity index is 1.95. The molecule has 2 N–H and O–H groups in total. The Bertz CT molecular complexity index is 668. The van der Waals surface area contributed by atoms with Crippen LogP contribution in [0.2, 0.25) is 0 Å². The summed E-state index contributed by atoms with van der Waals surface area (Å²) < 4.78 is 1.77. The fourth-order valence-electron chi connectivity index (χ4n) is 2.02. The van der Waals surface area contributed by atoms with Crippen LogP contribution in [0.5, 0.6) is 0 Å². The summed E-state index contributed by atoms with van der Waals surface area (Å²) in [4.78, 5) is 12.1. The number of rotatable bonds is 6. The molecule has 0 spiro atoms. The highest BCUT2D eigenvalue weighted by Gasteiger charge is 2.09. The van der Waals surface area contributed by atoms with Crippen molar-refractivity contribution in [3.05, 3.63) is 41.5 Å². The van der Waals surface area contributed by atoms with E-state index in [1.807, 2.05) is 37.9 Å². The summed E-state index contributed by atoms with van der Waals surface area (Å²) in [5, 5.41) is 14.0. The first-order valence-electron chi connectivity index (χ1n) is 7.55. The van der Waals surface area contributed by atoms with E-state index in [-0.39, 0.29) is 6.03 Å². The largest absolute Gasteiger partial charge is 0.331 e. The van der Waals surface area contributed by atoms with Gasteiger partial charge in [0.2, 0.25) is 0 Å². The molecule has 1 heterocycles. The van der Waals surface area contributed by atoms with Gasteiger partial charge in [-0.1, -0.05) is 26.0 Å². The van der Waals surface area contributed by atoms with E-state index in [2.05, 4.69) is 40.7 Å². The maximum absolute atomic E-state index is 12.1. The van der Waals surface area contributed by atoms with Crippen molar-refractivity contribution in [2.24, 2.45) is 7.05 Å². The lowest BCUT2D eigenvalue weighted by molar-refractivity contribution is 0.251. The predicted molar refractivity (Wildman–Crippen MR) is 94.5 cm³/mol. The molecule has 0 bridgehead atoms. The number of thioether (sulfide) groups is 1. The van der Waals surface area contributed by atoms with E-state index in [9.17, 15) is 4.79 Å². The van der Waals surface area contributed by atoms with Crippen LogP contribution in [0.25, 0.3) is 0 Å². The number of carbonyl (C=O) groups excluding carboxylic acids is 1. The summed E-state index contributed by atoms with van der Waals surface area (Å²) in [6.45, 7) is 6.74. The van der Waals surface area contributed by atoms with Crippen LogP contribution in [-0.2, 0) is 19.3 Å². The van der Waals surface area contributed by atoms with Crippen molar-refractivity contribution in [3.63, 3.8) is 0 Å². The van der Waals surface area contributed by atoms with Crippen LogP contribution in [0, 0.1) is 6.92 Å². The number of anilines is 1. The van der Waals surface area contributed by atoms with Crippen LogP contribution in [0.15, 0.2) is 24.5 Å². The molecule has 23 heavy (non-hydrogen) atoms. The lowest BCUT2D eigenvalue weighted by Crippen LogP contribution is -2.29. The van der Waals surface area contributed by atoms with Crippen molar-refractivity contribution in [2.45, 2.75) is 38.3 Å². The van der Waals surface area contributed by atoms with Crippen molar-refractivity contribution < 1.29 is 4.79 Å². The maximum atomic E-state index is 12.1. The molecule has 0 atom stereocenters. The monoisotopic (exact) mass is 333 g/mol. The SMILES string of the molecule is Cc1c(CSC(C)C)cccc1NC(=O)NCc1nncn1C. The highest BCUT2D eigenvalue weighted by atomic mass is 32.2. The van der Waals surface area contributed by atoms with Gasteiger partial charge < -0.3 is 15.2 Å². The number of amides is 2. The van der Waals surface area contributed by atoms with Crippen molar-refractivity contribution in [1.82, 2.24) is 20.1 Å². The van der Waals surface area contributed by atoms with Gasteiger partial charge in [-0.15, -0.1) is 10.2 Å². The van der Waals surface area contributed by atoms with Crippen LogP contribution >= 0.6 is 11.8 Å². The molecule has 0 aliphatic rings. The number of aromatic nitrogens is 3. The molecular weight excluding hydrogens is 310 g/mol. The molecule has 2 rings (SSSR count). The van der Waals surface area contributed by atoms with Gasteiger partial charge in [0, 0.05) is 18.5 Å². The number of hydrogen-bond donors (Lipinski definition) is 2. The second-order valence-corrected chi connectivity index (χ2v) is 7.18. The zero-order chi connectivity index (χ0) is 16.8. The highest BCUT2D eigenvalue weighted by molar-refractivity contribution is 7.99. The van der Waals surface area contributed by atoms with Gasteiger partial charge in [0.15, 0.2) is 5.82 Å². The zero-order valence-corrected chi connectivity index (χ0v) is 14.8. The average Bonchev–Trinajstić information content (AvgIpc) is 2.91. The lowest BCUT2D eigenvalue weighted by Gasteiger charge is -2.14. The summed E-state index contributed by atoms with van der Waals surface area (Å²) in [6.07, 6.45) is 1.61. The van der Waals surface area contributed by atoms with Crippen LogP contribution < -0.4 is 10.6 Å². The smallest absolute Gasteiger partial charge is 0.319 e. The van der Waals surface area contributed by atoms with Gasteiger partial charge in [0.25, 0.3) is 0 Å². The Kier molecular flexibility index (Phi) is 6.04. The van der Waals surface area contributed by atoms with Gasteiger partial charge in [-0.25, -0.2) is 4.79 Å². The number of aryl methyl sites for hydroxylation is 1. The Morgan fingerprint density at radius 1 is 1.39 bits per heavy atom. The van der Waals surface area contributed by atoms with E-state index in [0.717, 1.165) is 17.0 Å². The number of nitrogens with zero attached hydrogens (tertiary/aromatic N) is 3. The fourth-order valence-corrected chi connectivity index (χ4v) is 2.85. The standard InChI is InChI=1S/C16H23N5OS/c1-11(2)23-9-13-6-5-7-14(12(13)3)19-16(22)17-8-15-20-18-10-21(15)4/h5-7,10-11H,8-9H2,1-4H3,(H2,17,19,22). The molecule has 7 heteroatoms. The van der Waals surface area contributed by atoms with Gasteiger partial charge in [0.1, 0.15) is 6.33 Å². The summed E-state index contributed by atoms with van der Waals surface area (Å²) in [7, 11) is 1.84. The van der Waals surface area contributed by atoms with Crippen molar-refractivity contribution >= 4 is 23.5 Å². The van der Waals surface area contributed by atoms with Crippen molar-refractivity contribution in [1.29, 1.82) is 0 Å². The Morgan fingerprint density at radius 3 is 2.83 bits per heavy atom. The van der Waals surface area contributed by atoms with Crippen LogP contribution in [0.4, 0.5) is 10.5 Å². The summed E-state index contributed by atoms with van der Waals surface area (Å²) in [5.74, 6) is 1.65. The topological polar surface area (TPSA) is 71.8 Å². The van der Waals surface area contributed by atoms with Gasteiger partial charge >= 0.3 is 6.03 Å². The predicted octanol–water partition coefficient (Wildman–Crippen LogP) is 3.09. The molecule has 2 aromatic rings. The maximum Gasteiger partial charge on any atom is 0.319 e.